The topological polar surface area (TPSA) is 49.4 Å². The number of benzene rings is 2. The summed E-state index contributed by atoms with van der Waals surface area (Å²) in [6, 6.07) is 15.1. The smallest absolute Gasteiger partial charge is 0.242 e. The van der Waals surface area contributed by atoms with Crippen molar-refractivity contribution in [2.45, 2.75) is 45.7 Å². The SMILES string of the molecule is CCCCNC(=O)C(C)N(Cc1ccccc1)C(=O)Cc1ccccc1F. The fourth-order valence-electron chi connectivity index (χ4n) is 2.81. The number of halogens is 1. The van der Waals surface area contributed by atoms with Gasteiger partial charge in [-0.15, -0.1) is 0 Å². The second-order valence-corrected chi connectivity index (χ2v) is 6.60. The summed E-state index contributed by atoms with van der Waals surface area (Å²) in [6.07, 6.45) is 1.79. The summed E-state index contributed by atoms with van der Waals surface area (Å²) < 4.78 is 14.0. The van der Waals surface area contributed by atoms with Gasteiger partial charge in [0.05, 0.1) is 6.42 Å². The molecule has 0 saturated heterocycles. The maximum absolute atomic E-state index is 14.0. The largest absolute Gasteiger partial charge is 0.354 e. The van der Waals surface area contributed by atoms with Crippen molar-refractivity contribution in [3.63, 3.8) is 0 Å². The van der Waals surface area contributed by atoms with Crippen molar-refractivity contribution < 1.29 is 14.0 Å². The van der Waals surface area contributed by atoms with E-state index in [4.69, 9.17) is 0 Å². The van der Waals surface area contributed by atoms with E-state index in [9.17, 15) is 14.0 Å². The first kappa shape index (κ1) is 20.6. The van der Waals surface area contributed by atoms with Crippen LogP contribution in [0.1, 0.15) is 37.8 Å². The molecule has 0 aliphatic rings. The van der Waals surface area contributed by atoms with E-state index in [0.717, 1.165) is 18.4 Å². The van der Waals surface area contributed by atoms with E-state index in [1.807, 2.05) is 30.3 Å². The van der Waals surface area contributed by atoms with Crippen LogP contribution in [0.25, 0.3) is 0 Å². The number of hydrogen-bond acceptors (Lipinski definition) is 2. The lowest BCUT2D eigenvalue weighted by Crippen LogP contribution is -2.48. The first-order valence-corrected chi connectivity index (χ1v) is 9.37. The highest BCUT2D eigenvalue weighted by Gasteiger charge is 2.26. The van der Waals surface area contributed by atoms with Crippen LogP contribution in [0, 0.1) is 5.82 Å². The minimum atomic E-state index is -0.638. The Kier molecular flexibility index (Phi) is 7.99. The van der Waals surface area contributed by atoms with Crippen LogP contribution in [-0.2, 0) is 22.6 Å². The van der Waals surface area contributed by atoms with Crippen molar-refractivity contribution >= 4 is 11.8 Å². The van der Waals surface area contributed by atoms with Crippen molar-refractivity contribution in [3.05, 3.63) is 71.5 Å². The second-order valence-electron chi connectivity index (χ2n) is 6.60. The Morgan fingerprint density at radius 1 is 1.07 bits per heavy atom. The van der Waals surface area contributed by atoms with E-state index in [1.165, 1.54) is 11.0 Å². The summed E-state index contributed by atoms with van der Waals surface area (Å²) in [4.78, 5) is 26.9. The normalized spacial score (nSPS) is 11.7. The van der Waals surface area contributed by atoms with Gasteiger partial charge in [-0.2, -0.15) is 0 Å². The Labute approximate surface area is 160 Å². The lowest BCUT2D eigenvalue weighted by atomic mass is 10.1. The van der Waals surface area contributed by atoms with Gasteiger partial charge < -0.3 is 10.2 Å². The summed E-state index contributed by atoms with van der Waals surface area (Å²) in [7, 11) is 0. The van der Waals surface area contributed by atoms with Gasteiger partial charge in [-0.1, -0.05) is 61.9 Å². The molecule has 1 unspecified atom stereocenters. The van der Waals surface area contributed by atoms with Gasteiger partial charge in [-0.3, -0.25) is 9.59 Å². The monoisotopic (exact) mass is 370 g/mol. The molecule has 144 valence electrons. The minimum absolute atomic E-state index is 0.0773. The van der Waals surface area contributed by atoms with Gasteiger partial charge in [0.2, 0.25) is 11.8 Å². The molecule has 1 N–H and O–H groups in total. The Morgan fingerprint density at radius 3 is 2.41 bits per heavy atom. The zero-order valence-electron chi connectivity index (χ0n) is 16.0. The summed E-state index contributed by atoms with van der Waals surface area (Å²) in [5, 5.41) is 2.87. The molecule has 1 atom stereocenters. The Balaban J connectivity index is 2.16. The van der Waals surface area contributed by atoms with Crippen LogP contribution in [0.5, 0.6) is 0 Å². The third kappa shape index (κ3) is 6.20. The van der Waals surface area contributed by atoms with Gasteiger partial charge in [-0.05, 0) is 30.5 Å². The van der Waals surface area contributed by atoms with Crippen molar-refractivity contribution in [3.8, 4) is 0 Å². The number of hydrogen-bond donors (Lipinski definition) is 1. The molecule has 0 saturated carbocycles. The van der Waals surface area contributed by atoms with Gasteiger partial charge in [-0.25, -0.2) is 4.39 Å². The van der Waals surface area contributed by atoms with Gasteiger partial charge in [0.15, 0.2) is 0 Å². The molecule has 2 aromatic rings. The molecule has 27 heavy (non-hydrogen) atoms. The van der Waals surface area contributed by atoms with E-state index in [0.29, 0.717) is 18.7 Å². The second kappa shape index (κ2) is 10.5. The lowest BCUT2D eigenvalue weighted by molar-refractivity contribution is -0.140. The van der Waals surface area contributed by atoms with E-state index in [1.54, 1.807) is 25.1 Å². The maximum Gasteiger partial charge on any atom is 0.242 e. The Morgan fingerprint density at radius 2 is 1.74 bits per heavy atom. The predicted molar refractivity (Wildman–Crippen MR) is 104 cm³/mol. The fraction of sp³-hybridized carbons (Fsp3) is 0.364. The average Bonchev–Trinajstić information content (AvgIpc) is 2.68. The summed E-state index contributed by atoms with van der Waals surface area (Å²) in [5.41, 5.74) is 1.26. The minimum Gasteiger partial charge on any atom is -0.354 e. The average molecular weight is 370 g/mol. The van der Waals surface area contributed by atoms with Gasteiger partial charge in [0.25, 0.3) is 0 Å². The van der Waals surface area contributed by atoms with Crippen LogP contribution in [-0.4, -0.2) is 29.3 Å². The number of nitrogens with zero attached hydrogens (tertiary/aromatic N) is 1. The molecule has 0 spiro atoms. The number of rotatable bonds is 9. The highest BCUT2D eigenvalue weighted by molar-refractivity contribution is 5.88. The van der Waals surface area contributed by atoms with Crippen LogP contribution >= 0.6 is 0 Å². The number of carbonyl (C=O) groups is 2. The van der Waals surface area contributed by atoms with Crippen molar-refractivity contribution in [1.82, 2.24) is 10.2 Å². The highest BCUT2D eigenvalue weighted by Crippen LogP contribution is 2.14. The molecule has 2 aromatic carbocycles. The molecule has 4 nitrogen and oxygen atoms in total. The molecule has 0 radical (unpaired) electrons. The number of carbonyl (C=O) groups excluding carboxylic acids is 2. The Hall–Kier alpha value is -2.69. The third-order valence-electron chi connectivity index (χ3n) is 4.49. The number of amides is 2. The van der Waals surface area contributed by atoms with Crippen LogP contribution in [0.2, 0.25) is 0 Å². The molecule has 0 aliphatic heterocycles. The quantitative estimate of drug-likeness (QED) is 0.684. The fourth-order valence-corrected chi connectivity index (χ4v) is 2.81. The highest BCUT2D eigenvalue weighted by atomic mass is 19.1. The zero-order valence-corrected chi connectivity index (χ0v) is 16.0. The van der Waals surface area contributed by atoms with Crippen molar-refractivity contribution in [1.29, 1.82) is 0 Å². The van der Waals surface area contributed by atoms with Crippen LogP contribution < -0.4 is 5.32 Å². The summed E-state index contributed by atoms with van der Waals surface area (Å²) in [5.74, 6) is -0.881. The third-order valence-corrected chi connectivity index (χ3v) is 4.49. The molecule has 0 fully saturated rings. The molecular formula is C22H27FN2O2. The van der Waals surface area contributed by atoms with Crippen LogP contribution in [0.4, 0.5) is 4.39 Å². The van der Waals surface area contributed by atoms with Crippen LogP contribution in [0.15, 0.2) is 54.6 Å². The zero-order chi connectivity index (χ0) is 19.6. The molecular weight excluding hydrogens is 343 g/mol. The van der Waals surface area contributed by atoms with E-state index in [-0.39, 0.29) is 18.2 Å². The number of unbranched alkanes of at least 4 members (excludes halogenated alkanes) is 1. The molecule has 0 aromatic heterocycles. The van der Waals surface area contributed by atoms with E-state index >= 15 is 0 Å². The van der Waals surface area contributed by atoms with Crippen LogP contribution in [0.3, 0.4) is 0 Å². The standard InChI is InChI=1S/C22H27FN2O2/c1-3-4-14-24-22(27)17(2)25(16-18-10-6-5-7-11-18)21(26)15-19-12-8-9-13-20(19)23/h5-13,17H,3-4,14-16H2,1-2H3,(H,24,27). The number of nitrogens with one attached hydrogen (secondary N) is 1. The molecule has 2 rings (SSSR count). The first-order valence-electron chi connectivity index (χ1n) is 9.37. The van der Waals surface area contributed by atoms with Crippen molar-refractivity contribution in [2.24, 2.45) is 0 Å². The molecule has 2 amide bonds. The Bertz CT molecular complexity index is 749. The van der Waals surface area contributed by atoms with Gasteiger partial charge in [0.1, 0.15) is 11.9 Å². The molecule has 5 heteroatoms. The lowest BCUT2D eigenvalue weighted by Gasteiger charge is -2.29. The molecule has 0 bridgehead atoms. The summed E-state index contributed by atoms with van der Waals surface area (Å²) in [6.45, 7) is 4.65. The van der Waals surface area contributed by atoms with E-state index < -0.39 is 11.9 Å². The maximum atomic E-state index is 14.0. The molecule has 0 heterocycles. The van der Waals surface area contributed by atoms with Crippen molar-refractivity contribution in [2.75, 3.05) is 6.54 Å². The molecule has 0 aliphatic carbocycles. The summed E-state index contributed by atoms with van der Waals surface area (Å²) >= 11 is 0. The first-order chi connectivity index (χ1) is 13.0. The van der Waals surface area contributed by atoms with Gasteiger partial charge in [0, 0.05) is 13.1 Å². The van der Waals surface area contributed by atoms with E-state index in [2.05, 4.69) is 12.2 Å². The predicted octanol–water partition coefficient (Wildman–Crippen LogP) is 3.70. The van der Waals surface area contributed by atoms with Gasteiger partial charge >= 0.3 is 0 Å².